The molecule has 2 aromatic carbocycles. The van der Waals surface area contributed by atoms with E-state index >= 15 is 0 Å². The Kier molecular flexibility index (Phi) is 7.13. The van der Waals surface area contributed by atoms with Gasteiger partial charge in [-0.05, 0) is 18.6 Å². The molecular weight excluding hydrogens is 422 g/mol. The predicted octanol–water partition coefficient (Wildman–Crippen LogP) is 2.05. The van der Waals surface area contributed by atoms with Crippen LogP contribution in [-0.4, -0.2) is 46.1 Å². The molecule has 12 nitrogen and oxygen atoms in total. The van der Waals surface area contributed by atoms with Crippen LogP contribution in [0.5, 0.6) is 17.2 Å². The highest BCUT2D eigenvalue weighted by atomic mass is 32.2. The minimum absolute atomic E-state index is 0.0226. The molecule has 0 bridgehead atoms. The van der Waals surface area contributed by atoms with E-state index < -0.39 is 19.9 Å². The van der Waals surface area contributed by atoms with Gasteiger partial charge in [-0.2, -0.15) is 0 Å². The molecule has 0 unspecified atom stereocenters. The fraction of sp³-hybridized carbons (Fsp3) is 0.294. The third-order valence-corrected chi connectivity index (χ3v) is 5.62. The molecular formula is C17H19N3O9S. The van der Waals surface area contributed by atoms with Crippen LogP contribution in [-0.2, 0) is 16.4 Å². The van der Waals surface area contributed by atoms with Crippen molar-refractivity contribution in [3.8, 4) is 17.2 Å². The summed E-state index contributed by atoms with van der Waals surface area (Å²) in [5.74, 6) is 0.232. The number of ether oxygens (including phenoxy) is 3. The number of hydrogen-bond donors (Lipinski definition) is 1. The van der Waals surface area contributed by atoms with Crippen LogP contribution in [0, 0.1) is 20.2 Å². The molecule has 0 aliphatic rings. The van der Waals surface area contributed by atoms with Crippen molar-refractivity contribution < 1.29 is 32.5 Å². The van der Waals surface area contributed by atoms with Crippen LogP contribution in [0.3, 0.4) is 0 Å². The molecule has 0 aliphatic heterocycles. The number of methoxy groups -OCH3 is 3. The van der Waals surface area contributed by atoms with Crippen molar-refractivity contribution >= 4 is 21.4 Å². The van der Waals surface area contributed by atoms with Gasteiger partial charge in [-0.15, -0.1) is 0 Å². The highest BCUT2D eigenvalue weighted by Crippen LogP contribution is 2.34. The second-order valence-corrected chi connectivity index (χ2v) is 7.57. The highest BCUT2D eigenvalue weighted by molar-refractivity contribution is 7.89. The first-order valence-corrected chi connectivity index (χ1v) is 9.84. The first-order valence-electron chi connectivity index (χ1n) is 8.36. The topological polar surface area (TPSA) is 160 Å². The van der Waals surface area contributed by atoms with E-state index in [-0.39, 0.29) is 52.0 Å². The van der Waals surface area contributed by atoms with Gasteiger partial charge >= 0.3 is 0 Å². The quantitative estimate of drug-likeness (QED) is 0.430. The molecule has 2 aromatic rings. The average Bonchev–Trinajstić information content (AvgIpc) is 2.72. The number of nitrogens with one attached hydrogen (secondary N) is 1. The molecule has 0 heterocycles. The SMILES string of the molecule is COc1cc(CCNS(=O)(=O)c2ccc([N+](=O)[O-])cc2OC)c([N+](=O)[O-])cc1OC. The Morgan fingerprint density at radius 3 is 2.03 bits per heavy atom. The summed E-state index contributed by atoms with van der Waals surface area (Å²) in [6.45, 7) is -0.182. The molecule has 0 radical (unpaired) electrons. The van der Waals surface area contributed by atoms with Crippen LogP contribution in [0.15, 0.2) is 35.2 Å². The zero-order valence-electron chi connectivity index (χ0n) is 16.3. The molecule has 13 heteroatoms. The van der Waals surface area contributed by atoms with E-state index in [4.69, 9.17) is 14.2 Å². The smallest absolute Gasteiger partial charge is 0.276 e. The molecule has 0 amide bonds. The number of rotatable bonds is 10. The van der Waals surface area contributed by atoms with Crippen LogP contribution in [0.4, 0.5) is 11.4 Å². The molecule has 1 N–H and O–H groups in total. The molecule has 0 fully saturated rings. The number of nitro groups is 2. The maximum atomic E-state index is 12.6. The van der Waals surface area contributed by atoms with Gasteiger partial charge in [0.05, 0.1) is 43.3 Å². The number of non-ortho nitro benzene ring substituents is 1. The Hall–Kier alpha value is -3.45. The van der Waals surface area contributed by atoms with Gasteiger partial charge in [-0.3, -0.25) is 20.2 Å². The predicted molar refractivity (Wildman–Crippen MR) is 105 cm³/mol. The third kappa shape index (κ3) is 4.93. The van der Waals surface area contributed by atoms with Gasteiger partial charge in [0.25, 0.3) is 11.4 Å². The Morgan fingerprint density at radius 2 is 1.50 bits per heavy atom. The van der Waals surface area contributed by atoms with Crippen LogP contribution in [0.25, 0.3) is 0 Å². The summed E-state index contributed by atoms with van der Waals surface area (Å²) in [5, 5.41) is 22.2. The second kappa shape index (κ2) is 9.37. The van der Waals surface area contributed by atoms with E-state index in [9.17, 15) is 28.6 Å². The lowest BCUT2D eigenvalue weighted by atomic mass is 10.1. The fourth-order valence-corrected chi connectivity index (χ4v) is 3.85. The van der Waals surface area contributed by atoms with Crippen molar-refractivity contribution in [3.63, 3.8) is 0 Å². The summed E-state index contributed by atoms with van der Waals surface area (Å²) < 4.78 is 42.6. The van der Waals surface area contributed by atoms with Gasteiger partial charge in [0.2, 0.25) is 10.0 Å². The summed E-state index contributed by atoms with van der Waals surface area (Å²) in [7, 11) is -0.203. The number of benzene rings is 2. The summed E-state index contributed by atoms with van der Waals surface area (Å²) in [4.78, 5) is 20.6. The maximum absolute atomic E-state index is 12.6. The van der Waals surface area contributed by atoms with Crippen LogP contribution in [0.2, 0.25) is 0 Å². The van der Waals surface area contributed by atoms with Crippen molar-refractivity contribution in [3.05, 3.63) is 56.1 Å². The van der Waals surface area contributed by atoms with Crippen molar-refractivity contribution in [1.82, 2.24) is 4.72 Å². The molecule has 0 spiro atoms. The van der Waals surface area contributed by atoms with Gasteiger partial charge in [0, 0.05) is 18.2 Å². The Balaban J connectivity index is 2.26. The summed E-state index contributed by atoms with van der Waals surface area (Å²) in [6, 6.07) is 5.68. The lowest BCUT2D eigenvalue weighted by Crippen LogP contribution is -2.26. The Labute approximate surface area is 171 Å². The minimum atomic E-state index is -4.10. The molecule has 0 aromatic heterocycles. The van der Waals surface area contributed by atoms with Gasteiger partial charge in [0.15, 0.2) is 11.5 Å². The molecule has 162 valence electrons. The van der Waals surface area contributed by atoms with Crippen molar-refractivity contribution in [2.24, 2.45) is 0 Å². The van der Waals surface area contributed by atoms with Gasteiger partial charge in [0.1, 0.15) is 10.6 Å². The largest absolute Gasteiger partial charge is 0.495 e. The molecule has 0 saturated heterocycles. The third-order valence-electron chi connectivity index (χ3n) is 4.12. The summed E-state index contributed by atoms with van der Waals surface area (Å²) in [5.41, 5.74) is -0.345. The maximum Gasteiger partial charge on any atom is 0.276 e. The molecule has 0 saturated carbocycles. The lowest BCUT2D eigenvalue weighted by Gasteiger charge is -2.12. The number of nitro benzene ring substituents is 2. The van der Waals surface area contributed by atoms with Gasteiger partial charge in [-0.1, -0.05) is 0 Å². The highest BCUT2D eigenvalue weighted by Gasteiger charge is 2.23. The average molecular weight is 441 g/mol. The number of nitrogens with zero attached hydrogens (tertiary/aromatic N) is 2. The second-order valence-electron chi connectivity index (χ2n) is 5.83. The molecule has 0 aliphatic carbocycles. The van der Waals surface area contributed by atoms with Crippen molar-refractivity contribution in [2.45, 2.75) is 11.3 Å². The van der Waals surface area contributed by atoms with Gasteiger partial charge in [-0.25, -0.2) is 13.1 Å². The van der Waals surface area contributed by atoms with Crippen molar-refractivity contribution in [1.29, 1.82) is 0 Å². The first kappa shape index (κ1) is 22.8. The van der Waals surface area contributed by atoms with E-state index in [1.165, 1.54) is 33.5 Å². The fourth-order valence-electron chi connectivity index (χ4n) is 2.67. The van der Waals surface area contributed by atoms with Crippen LogP contribution >= 0.6 is 0 Å². The van der Waals surface area contributed by atoms with E-state index in [0.29, 0.717) is 0 Å². The van der Waals surface area contributed by atoms with Crippen LogP contribution in [0.1, 0.15) is 5.56 Å². The van der Waals surface area contributed by atoms with E-state index in [1.54, 1.807) is 0 Å². The summed E-state index contributed by atoms with van der Waals surface area (Å²) >= 11 is 0. The monoisotopic (exact) mass is 441 g/mol. The summed E-state index contributed by atoms with van der Waals surface area (Å²) in [6.07, 6.45) is -0.0226. The molecule has 0 atom stereocenters. The normalized spacial score (nSPS) is 11.0. The van der Waals surface area contributed by atoms with Gasteiger partial charge < -0.3 is 14.2 Å². The Morgan fingerprint density at radius 1 is 0.900 bits per heavy atom. The standard InChI is InChI=1S/C17H19N3O9S/c1-27-14-8-11(13(20(23)24)10-15(14)28-2)6-7-18-30(25,26)17-5-4-12(19(21)22)9-16(17)29-3/h4-5,8-10,18H,6-7H2,1-3H3. The van der Waals surface area contributed by atoms with E-state index in [1.807, 2.05) is 0 Å². The number of hydrogen-bond acceptors (Lipinski definition) is 9. The van der Waals surface area contributed by atoms with E-state index in [2.05, 4.69) is 4.72 Å². The van der Waals surface area contributed by atoms with E-state index in [0.717, 1.165) is 18.2 Å². The van der Waals surface area contributed by atoms with Crippen LogP contribution < -0.4 is 18.9 Å². The minimum Gasteiger partial charge on any atom is -0.495 e. The molecule has 30 heavy (non-hydrogen) atoms. The number of sulfonamides is 1. The first-order chi connectivity index (χ1) is 14.1. The lowest BCUT2D eigenvalue weighted by molar-refractivity contribution is -0.385. The zero-order valence-corrected chi connectivity index (χ0v) is 17.1. The van der Waals surface area contributed by atoms with Crippen molar-refractivity contribution in [2.75, 3.05) is 27.9 Å². The molecule has 2 rings (SSSR count). The zero-order chi connectivity index (χ0) is 22.5. The Bertz CT molecular complexity index is 1070.